The minimum absolute atomic E-state index is 0.0402. The summed E-state index contributed by atoms with van der Waals surface area (Å²) in [6, 6.07) is 6.74. The normalized spacial score (nSPS) is 14.8. The van der Waals surface area contributed by atoms with Gasteiger partial charge in [-0.05, 0) is 68.4 Å². The number of nitrogens with one attached hydrogen (secondary N) is 2. The Morgan fingerprint density at radius 3 is 2.28 bits per heavy atom. The molecule has 1 aliphatic carbocycles. The fourth-order valence-corrected chi connectivity index (χ4v) is 4.41. The minimum Gasteiger partial charge on any atom is -0.347 e. The van der Waals surface area contributed by atoms with Crippen molar-refractivity contribution in [1.29, 1.82) is 0 Å². The van der Waals surface area contributed by atoms with Crippen LogP contribution >= 0.6 is 12.6 Å². The fourth-order valence-electron chi connectivity index (χ4n) is 4.19. The predicted octanol–water partition coefficient (Wildman–Crippen LogP) is 4.51. The lowest BCUT2D eigenvalue weighted by molar-refractivity contribution is -0.128. The molecule has 3 rings (SSSR count). The van der Waals surface area contributed by atoms with Crippen LogP contribution in [0.4, 0.5) is 5.69 Å². The number of hydrogen-bond donors (Lipinski definition) is 3. The Labute approximate surface area is 238 Å². The van der Waals surface area contributed by atoms with Gasteiger partial charge in [0.2, 0.25) is 17.7 Å². The minimum atomic E-state index is -0.730. The number of thiol groups is 1. The van der Waals surface area contributed by atoms with Gasteiger partial charge < -0.3 is 20.4 Å². The quantitative estimate of drug-likeness (QED) is 0.261. The third kappa shape index (κ3) is 10.2. The van der Waals surface area contributed by atoms with Crippen molar-refractivity contribution in [2.24, 2.45) is 0 Å². The molecule has 1 heterocycles. The molecule has 1 atom stereocenters. The zero-order valence-electron chi connectivity index (χ0n) is 23.8. The topological polar surface area (TPSA) is 98.8 Å². The maximum absolute atomic E-state index is 12.6. The monoisotopic (exact) mass is 556 g/mol. The zero-order chi connectivity index (χ0) is 28.8. The molecule has 2 N–H and O–H groups in total. The van der Waals surface area contributed by atoms with E-state index in [1.165, 1.54) is 23.3 Å². The molecule has 0 saturated heterocycles. The summed E-state index contributed by atoms with van der Waals surface area (Å²) in [5, 5.41) is 5.25. The maximum Gasteiger partial charge on any atom is 0.251 e. The smallest absolute Gasteiger partial charge is 0.251 e. The van der Waals surface area contributed by atoms with Crippen LogP contribution in [0.2, 0.25) is 0 Å². The van der Waals surface area contributed by atoms with Crippen molar-refractivity contribution in [3.05, 3.63) is 53.3 Å². The van der Waals surface area contributed by atoms with Gasteiger partial charge in [-0.15, -0.1) is 0 Å². The number of nitrogens with zero attached hydrogens (tertiary/aromatic N) is 2. The molecule has 1 saturated carbocycles. The van der Waals surface area contributed by atoms with E-state index in [0.29, 0.717) is 25.1 Å². The van der Waals surface area contributed by atoms with Gasteiger partial charge in [0.1, 0.15) is 6.04 Å². The summed E-state index contributed by atoms with van der Waals surface area (Å²) in [6.45, 7) is 6.35. The molecule has 8 nitrogen and oxygen atoms in total. The number of carbonyl (C=O) groups excluding carboxylic acids is 4. The first-order valence-corrected chi connectivity index (χ1v) is 14.6. The lowest BCUT2D eigenvalue weighted by Gasteiger charge is -2.26. The first-order chi connectivity index (χ1) is 18.7. The average molecular weight is 557 g/mol. The molecule has 0 aromatic heterocycles. The molecule has 1 unspecified atom stereocenters. The Bertz CT molecular complexity index is 1050. The van der Waals surface area contributed by atoms with E-state index in [1.807, 2.05) is 35.2 Å². The lowest BCUT2D eigenvalue weighted by Crippen LogP contribution is -2.48. The lowest BCUT2D eigenvalue weighted by atomic mass is 9.90. The van der Waals surface area contributed by atoms with Gasteiger partial charge in [0.05, 0.1) is 6.54 Å². The predicted molar refractivity (Wildman–Crippen MR) is 159 cm³/mol. The van der Waals surface area contributed by atoms with Crippen LogP contribution in [0.1, 0.15) is 77.7 Å². The highest BCUT2D eigenvalue weighted by molar-refractivity contribution is 7.79. The Morgan fingerprint density at radius 2 is 1.69 bits per heavy atom. The number of allylic oxidation sites excluding steroid dienone is 2. The number of hydrogen-bond acceptors (Lipinski definition) is 5. The van der Waals surface area contributed by atoms with Gasteiger partial charge in [0.15, 0.2) is 0 Å². The highest BCUT2D eigenvalue weighted by Crippen LogP contribution is 2.33. The molecule has 1 aliphatic heterocycles. The SMILES string of the molecule is CC(NC(=O)CNC(=O)CCCCCN1C(=O)C=CC1=C1CCC1)C(=O)N(C)c1ccc(CS)cc1.CCC. The number of anilines is 1. The van der Waals surface area contributed by atoms with E-state index in [1.54, 1.807) is 20.0 Å². The summed E-state index contributed by atoms with van der Waals surface area (Å²) in [4.78, 5) is 52.4. The molecule has 2 aliphatic rings. The number of unbranched alkanes of at least 4 members (excludes halogenated alkanes) is 2. The van der Waals surface area contributed by atoms with Crippen molar-refractivity contribution >= 4 is 41.9 Å². The van der Waals surface area contributed by atoms with Crippen molar-refractivity contribution in [3.63, 3.8) is 0 Å². The van der Waals surface area contributed by atoms with Crippen LogP contribution in [0.5, 0.6) is 0 Å². The Morgan fingerprint density at radius 1 is 1.03 bits per heavy atom. The second kappa shape index (κ2) is 16.8. The standard InChI is InChI=1S/C27H36N4O4S.C3H8/c1-19(27(35)30(2)22-12-10-20(18-36)11-13-22)29-25(33)17-28-24(32)9-4-3-5-16-31-23(14-15-26(31)34)21-7-6-8-21;1-3-2/h10-15,19,36H,3-9,16-18H2,1-2H3,(H,28,32)(H,29,33);3H2,1-2H3. The molecular formula is C30H44N4O4S. The second-order valence-corrected chi connectivity index (χ2v) is 10.3. The molecule has 0 radical (unpaired) electrons. The summed E-state index contributed by atoms with van der Waals surface area (Å²) in [5.41, 5.74) is 4.21. The van der Waals surface area contributed by atoms with Crippen molar-refractivity contribution in [1.82, 2.24) is 15.5 Å². The van der Waals surface area contributed by atoms with Crippen LogP contribution in [-0.4, -0.2) is 54.7 Å². The van der Waals surface area contributed by atoms with Crippen LogP contribution in [0.25, 0.3) is 0 Å². The first kappa shape index (κ1) is 32.1. The molecule has 4 amide bonds. The van der Waals surface area contributed by atoms with Crippen molar-refractivity contribution in [2.75, 3.05) is 25.0 Å². The highest BCUT2D eigenvalue weighted by atomic mass is 32.1. The van der Waals surface area contributed by atoms with Crippen LogP contribution in [0.3, 0.4) is 0 Å². The second-order valence-electron chi connectivity index (χ2n) is 9.97. The highest BCUT2D eigenvalue weighted by Gasteiger charge is 2.25. The number of amides is 4. The Hall–Kier alpha value is -3.07. The van der Waals surface area contributed by atoms with E-state index in [9.17, 15) is 19.2 Å². The molecule has 0 bridgehead atoms. The zero-order valence-corrected chi connectivity index (χ0v) is 24.7. The molecule has 1 aromatic rings. The summed E-state index contributed by atoms with van der Waals surface area (Å²) < 4.78 is 0. The van der Waals surface area contributed by atoms with Gasteiger partial charge in [-0.25, -0.2) is 0 Å². The Balaban J connectivity index is 0.00000170. The van der Waals surface area contributed by atoms with Crippen LogP contribution < -0.4 is 15.5 Å². The Kier molecular flexibility index (Phi) is 13.8. The van der Waals surface area contributed by atoms with E-state index in [2.05, 4.69) is 37.1 Å². The molecule has 1 aromatic carbocycles. The molecule has 9 heteroatoms. The van der Waals surface area contributed by atoms with E-state index < -0.39 is 11.9 Å². The van der Waals surface area contributed by atoms with Gasteiger partial charge in [-0.3, -0.25) is 19.2 Å². The summed E-state index contributed by atoms with van der Waals surface area (Å²) in [5.74, 6) is -0.219. The van der Waals surface area contributed by atoms with E-state index in [0.717, 1.165) is 42.6 Å². The largest absolute Gasteiger partial charge is 0.347 e. The van der Waals surface area contributed by atoms with E-state index in [4.69, 9.17) is 0 Å². The van der Waals surface area contributed by atoms with Crippen molar-refractivity contribution in [3.8, 4) is 0 Å². The number of carbonyl (C=O) groups is 4. The molecule has 214 valence electrons. The third-order valence-corrected chi connectivity index (χ3v) is 6.94. The summed E-state index contributed by atoms with van der Waals surface area (Å²) >= 11 is 4.23. The van der Waals surface area contributed by atoms with Gasteiger partial charge >= 0.3 is 0 Å². The van der Waals surface area contributed by atoms with Gasteiger partial charge in [-0.1, -0.05) is 38.8 Å². The molecule has 0 spiro atoms. The third-order valence-electron chi connectivity index (χ3n) is 6.58. The molecular weight excluding hydrogens is 512 g/mol. The molecule has 39 heavy (non-hydrogen) atoms. The van der Waals surface area contributed by atoms with Gasteiger partial charge in [-0.2, -0.15) is 12.6 Å². The first-order valence-electron chi connectivity index (χ1n) is 14.0. The number of likely N-dealkylation sites (N-methyl/N-ethyl adjacent to an activating group) is 1. The molecule has 1 fully saturated rings. The summed E-state index contributed by atoms with van der Waals surface area (Å²) in [7, 11) is 1.66. The van der Waals surface area contributed by atoms with Gasteiger partial charge in [0, 0.05) is 43.2 Å². The van der Waals surface area contributed by atoms with E-state index >= 15 is 0 Å². The fraction of sp³-hybridized carbons (Fsp3) is 0.533. The number of rotatable bonds is 12. The van der Waals surface area contributed by atoms with E-state index in [-0.39, 0.29) is 24.3 Å². The van der Waals surface area contributed by atoms with Crippen molar-refractivity contribution in [2.45, 2.75) is 83.9 Å². The number of benzene rings is 1. The van der Waals surface area contributed by atoms with Crippen LogP contribution in [-0.2, 0) is 24.9 Å². The maximum atomic E-state index is 12.6. The van der Waals surface area contributed by atoms with Crippen molar-refractivity contribution < 1.29 is 19.2 Å². The van der Waals surface area contributed by atoms with Crippen LogP contribution in [0, 0.1) is 0 Å². The summed E-state index contributed by atoms with van der Waals surface area (Å²) in [6.07, 6.45) is 10.8. The van der Waals surface area contributed by atoms with Crippen LogP contribution in [0.15, 0.2) is 47.7 Å². The van der Waals surface area contributed by atoms with Gasteiger partial charge in [0.25, 0.3) is 5.91 Å². The average Bonchev–Trinajstić information content (AvgIpc) is 3.25.